The molecule has 0 atom stereocenters. The molecule has 0 bridgehead atoms. The molecule has 0 amide bonds. The summed E-state index contributed by atoms with van der Waals surface area (Å²) in [7, 11) is 0. The van der Waals surface area contributed by atoms with Crippen molar-refractivity contribution in [3.63, 3.8) is 0 Å². The van der Waals surface area contributed by atoms with Crippen molar-refractivity contribution < 1.29 is 5.21 Å². The van der Waals surface area contributed by atoms with Gasteiger partial charge in [-0.05, 0) is 12.8 Å². The average molecular weight is 367 g/mol. The summed E-state index contributed by atoms with van der Waals surface area (Å²) in [5, 5.41) is 15.6. The monoisotopic (exact) mass is 366 g/mol. The molecule has 0 spiro atoms. The highest BCUT2D eigenvalue weighted by molar-refractivity contribution is 5.40. The number of hydrogen-bond donors (Lipinski definition) is 4. The molecule has 0 saturated heterocycles. The molecule has 7 heteroatoms. The number of rotatable bonds is 17. The lowest BCUT2D eigenvalue weighted by Gasteiger charge is -2.09. The second-order valence-electron chi connectivity index (χ2n) is 6.81. The molecule has 1 rings (SSSR count). The van der Waals surface area contributed by atoms with E-state index in [9.17, 15) is 0 Å². The number of aromatic nitrogens is 3. The van der Waals surface area contributed by atoms with Crippen molar-refractivity contribution in [2.75, 3.05) is 29.2 Å². The van der Waals surface area contributed by atoms with Crippen LogP contribution in [0, 0.1) is 0 Å². The van der Waals surface area contributed by atoms with E-state index in [0.717, 1.165) is 25.9 Å². The van der Waals surface area contributed by atoms with E-state index < -0.39 is 0 Å². The summed E-state index contributed by atoms with van der Waals surface area (Å²) in [4.78, 5) is 12.7. The number of unbranched alkanes of at least 4 members (excludes halogenated alkanes) is 10. The molecule has 1 aromatic rings. The van der Waals surface area contributed by atoms with Gasteiger partial charge in [-0.1, -0.05) is 78.1 Å². The molecular formula is C19H38N6O. The van der Waals surface area contributed by atoms with E-state index in [4.69, 9.17) is 5.21 Å². The van der Waals surface area contributed by atoms with Crippen molar-refractivity contribution in [3.05, 3.63) is 0 Å². The van der Waals surface area contributed by atoms with Crippen molar-refractivity contribution >= 4 is 17.8 Å². The maximum absolute atomic E-state index is 9.11. The zero-order chi connectivity index (χ0) is 18.9. The number of anilines is 3. The molecule has 150 valence electrons. The first-order valence-electron chi connectivity index (χ1n) is 10.4. The van der Waals surface area contributed by atoms with Crippen LogP contribution in [-0.2, 0) is 0 Å². The van der Waals surface area contributed by atoms with Gasteiger partial charge in [0.1, 0.15) is 0 Å². The minimum atomic E-state index is 0.163. The first-order chi connectivity index (χ1) is 12.8. The Bertz CT molecular complexity index is 421. The molecule has 0 aliphatic rings. The Balaban J connectivity index is 2.28. The van der Waals surface area contributed by atoms with Crippen molar-refractivity contribution in [1.29, 1.82) is 0 Å². The molecule has 0 saturated carbocycles. The molecule has 0 aliphatic heterocycles. The zero-order valence-electron chi connectivity index (χ0n) is 16.7. The third-order valence-corrected chi connectivity index (χ3v) is 4.36. The summed E-state index contributed by atoms with van der Waals surface area (Å²) in [6.07, 6.45) is 15.0. The van der Waals surface area contributed by atoms with Gasteiger partial charge in [0.15, 0.2) is 0 Å². The van der Waals surface area contributed by atoms with E-state index >= 15 is 0 Å². The highest BCUT2D eigenvalue weighted by atomic mass is 16.5. The van der Waals surface area contributed by atoms with Crippen LogP contribution >= 0.6 is 0 Å². The Labute approximate surface area is 158 Å². The number of hydrogen-bond acceptors (Lipinski definition) is 7. The average Bonchev–Trinajstić information content (AvgIpc) is 2.66. The lowest BCUT2D eigenvalue weighted by molar-refractivity contribution is 0.382. The maximum Gasteiger partial charge on any atom is 0.253 e. The van der Waals surface area contributed by atoms with Gasteiger partial charge in [-0.25, -0.2) is 5.48 Å². The maximum atomic E-state index is 9.11. The standard InChI is InChI=1S/C19H38N6O/c1-3-5-7-9-11-13-15-20-17-22-18(24-19(23-17)25-26)21-16-14-12-10-8-6-4-2/h26H,3-16H2,1-2H3,(H3,20,21,22,23,24,25). The van der Waals surface area contributed by atoms with Crippen LogP contribution in [0.4, 0.5) is 17.8 Å². The summed E-state index contributed by atoms with van der Waals surface area (Å²) < 4.78 is 0. The summed E-state index contributed by atoms with van der Waals surface area (Å²) in [6, 6.07) is 0. The van der Waals surface area contributed by atoms with Crippen LogP contribution in [0.5, 0.6) is 0 Å². The van der Waals surface area contributed by atoms with Crippen molar-refractivity contribution in [1.82, 2.24) is 15.0 Å². The second-order valence-corrected chi connectivity index (χ2v) is 6.81. The van der Waals surface area contributed by atoms with E-state index in [1.54, 1.807) is 0 Å². The van der Waals surface area contributed by atoms with Gasteiger partial charge in [0.05, 0.1) is 0 Å². The van der Waals surface area contributed by atoms with Gasteiger partial charge in [-0.2, -0.15) is 15.0 Å². The molecule has 0 aromatic carbocycles. The first-order valence-corrected chi connectivity index (χ1v) is 10.4. The Kier molecular flexibility index (Phi) is 13.5. The van der Waals surface area contributed by atoms with Gasteiger partial charge in [0, 0.05) is 13.1 Å². The molecule has 4 N–H and O–H groups in total. The van der Waals surface area contributed by atoms with Gasteiger partial charge in [0.2, 0.25) is 11.9 Å². The highest BCUT2D eigenvalue weighted by Crippen LogP contribution is 2.11. The minimum Gasteiger partial charge on any atom is -0.354 e. The van der Waals surface area contributed by atoms with Crippen molar-refractivity contribution in [2.45, 2.75) is 90.9 Å². The normalized spacial score (nSPS) is 10.7. The predicted molar refractivity (Wildman–Crippen MR) is 109 cm³/mol. The van der Waals surface area contributed by atoms with Crippen LogP contribution in [0.3, 0.4) is 0 Å². The lowest BCUT2D eigenvalue weighted by atomic mass is 10.1. The Hall–Kier alpha value is -1.63. The van der Waals surface area contributed by atoms with Crippen molar-refractivity contribution in [2.24, 2.45) is 0 Å². The molecular weight excluding hydrogens is 328 g/mol. The topological polar surface area (TPSA) is 95.0 Å². The predicted octanol–water partition coefficient (Wildman–Crippen LogP) is 5.22. The first kappa shape index (κ1) is 22.4. The second kappa shape index (κ2) is 15.6. The van der Waals surface area contributed by atoms with E-state index in [2.05, 4.69) is 39.4 Å². The molecule has 7 nitrogen and oxygen atoms in total. The van der Waals surface area contributed by atoms with Crippen LogP contribution in [-0.4, -0.2) is 33.2 Å². The molecule has 26 heavy (non-hydrogen) atoms. The van der Waals surface area contributed by atoms with Gasteiger partial charge in [-0.15, -0.1) is 0 Å². The number of nitrogens with one attached hydrogen (secondary N) is 3. The summed E-state index contributed by atoms with van der Waals surface area (Å²) in [6.45, 7) is 6.12. The summed E-state index contributed by atoms with van der Waals surface area (Å²) in [5.74, 6) is 1.15. The van der Waals surface area contributed by atoms with E-state index in [1.807, 2.05) is 5.48 Å². The van der Waals surface area contributed by atoms with Crippen LogP contribution in [0.2, 0.25) is 0 Å². The third-order valence-electron chi connectivity index (χ3n) is 4.36. The minimum absolute atomic E-state index is 0.163. The van der Waals surface area contributed by atoms with Gasteiger partial charge >= 0.3 is 0 Å². The zero-order valence-corrected chi connectivity index (χ0v) is 16.7. The fraction of sp³-hybridized carbons (Fsp3) is 0.842. The van der Waals surface area contributed by atoms with Crippen LogP contribution in [0.15, 0.2) is 0 Å². The smallest absolute Gasteiger partial charge is 0.253 e. The summed E-state index contributed by atoms with van der Waals surface area (Å²) >= 11 is 0. The van der Waals surface area contributed by atoms with Crippen LogP contribution < -0.4 is 16.1 Å². The molecule has 1 heterocycles. The van der Waals surface area contributed by atoms with E-state index in [0.29, 0.717) is 11.9 Å². The van der Waals surface area contributed by atoms with E-state index in [-0.39, 0.29) is 5.95 Å². The Morgan fingerprint density at radius 3 is 1.38 bits per heavy atom. The molecule has 0 fully saturated rings. The third kappa shape index (κ3) is 11.1. The quantitative estimate of drug-likeness (QED) is 0.222. The molecule has 1 aromatic heterocycles. The number of nitrogens with zero attached hydrogens (tertiary/aromatic N) is 3. The van der Waals surface area contributed by atoms with Crippen molar-refractivity contribution in [3.8, 4) is 0 Å². The lowest BCUT2D eigenvalue weighted by Crippen LogP contribution is -2.12. The van der Waals surface area contributed by atoms with Gasteiger partial charge < -0.3 is 10.6 Å². The molecule has 0 radical (unpaired) electrons. The molecule has 0 aliphatic carbocycles. The Morgan fingerprint density at radius 1 is 0.577 bits per heavy atom. The fourth-order valence-corrected chi connectivity index (χ4v) is 2.80. The molecule has 0 unspecified atom stereocenters. The van der Waals surface area contributed by atoms with Crippen LogP contribution in [0.1, 0.15) is 90.9 Å². The van der Waals surface area contributed by atoms with Gasteiger partial charge in [0.25, 0.3) is 5.95 Å². The Morgan fingerprint density at radius 2 is 0.962 bits per heavy atom. The van der Waals surface area contributed by atoms with E-state index in [1.165, 1.54) is 64.2 Å². The SMILES string of the molecule is CCCCCCCCNc1nc(NO)nc(NCCCCCCCC)n1. The summed E-state index contributed by atoms with van der Waals surface area (Å²) in [5.41, 5.74) is 2.02. The van der Waals surface area contributed by atoms with Gasteiger partial charge in [-0.3, -0.25) is 5.21 Å². The fourth-order valence-electron chi connectivity index (χ4n) is 2.80. The largest absolute Gasteiger partial charge is 0.354 e. The van der Waals surface area contributed by atoms with Crippen LogP contribution in [0.25, 0.3) is 0 Å². The highest BCUT2D eigenvalue weighted by Gasteiger charge is 2.05.